The van der Waals surface area contributed by atoms with E-state index in [9.17, 15) is 0 Å². The van der Waals surface area contributed by atoms with Crippen LogP contribution in [0.3, 0.4) is 0 Å². The average molecular weight is 419 g/mol. The summed E-state index contributed by atoms with van der Waals surface area (Å²) in [5.74, 6) is 0. The quantitative estimate of drug-likeness (QED) is 0.583. The molecule has 1 aromatic carbocycles. The van der Waals surface area contributed by atoms with E-state index in [0.717, 1.165) is 37.6 Å². The number of aryl methyl sites for hydroxylation is 3. The number of hydrogen-bond donors (Lipinski definition) is 1. The van der Waals surface area contributed by atoms with Gasteiger partial charge < -0.3 is 5.32 Å². The van der Waals surface area contributed by atoms with Crippen LogP contribution in [-0.2, 0) is 29.9 Å². The van der Waals surface area contributed by atoms with Gasteiger partial charge in [0.2, 0.25) is 0 Å². The molecule has 0 amide bonds. The molecule has 0 aliphatic heterocycles. The fraction of sp³-hybridized carbons (Fsp3) is 0.304. The molecule has 2 aromatic heterocycles. The summed E-state index contributed by atoms with van der Waals surface area (Å²) in [6.45, 7) is 9.90. The molecule has 0 saturated carbocycles. The molecule has 5 heteroatoms. The Morgan fingerprint density at radius 3 is 1.82 bits per heavy atom. The van der Waals surface area contributed by atoms with Gasteiger partial charge in [-0.3, -0.25) is 14.9 Å². The van der Waals surface area contributed by atoms with Crippen LogP contribution >= 0.6 is 0 Å². The predicted octanol–water partition coefficient (Wildman–Crippen LogP) is 4.51. The Labute approximate surface area is 178 Å². The Morgan fingerprint density at radius 1 is 0.821 bits per heavy atom. The number of hydrogen-bond acceptors (Lipinski definition) is 4. The van der Waals surface area contributed by atoms with Gasteiger partial charge in [0.1, 0.15) is 0 Å². The minimum atomic E-state index is 0. The Kier molecular flexibility index (Phi) is 8.64. The van der Waals surface area contributed by atoms with Crippen molar-refractivity contribution in [3.8, 4) is 0 Å². The minimum Gasteiger partial charge on any atom is -0.383 e. The molecule has 28 heavy (non-hydrogen) atoms. The van der Waals surface area contributed by atoms with E-state index in [0.29, 0.717) is 0 Å². The first-order chi connectivity index (χ1) is 13.1. The fourth-order valence-corrected chi connectivity index (χ4v) is 3.45. The maximum atomic E-state index is 4.48. The van der Waals surface area contributed by atoms with Crippen molar-refractivity contribution in [3.05, 3.63) is 89.0 Å². The molecule has 1 radical (unpaired) electrons. The van der Waals surface area contributed by atoms with Gasteiger partial charge in [-0.15, -0.1) is 0 Å². The second-order valence-corrected chi connectivity index (χ2v) is 7.05. The molecule has 0 spiro atoms. The van der Waals surface area contributed by atoms with Gasteiger partial charge in [-0.2, -0.15) is 0 Å². The van der Waals surface area contributed by atoms with Crippen molar-refractivity contribution in [2.45, 2.75) is 33.9 Å². The van der Waals surface area contributed by atoms with Crippen LogP contribution in [-0.4, -0.2) is 28.0 Å². The van der Waals surface area contributed by atoms with Crippen LogP contribution in [0.15, 0.2) is 60.9 Å². The monoisotopic (exact) mass is 419 g/mol. The third-order valence-electron chi connectivity index (χ3n) is 4.63. The largest absolute Gasteiger partial charge is 0.383 e. The Hall–Kier alpha value is -2.21. The third kappa shape index (κ3) is 6.44. The van der Waals surface area contributed by atoms with E-state index in [2.05, 4.69) is 65.2 Å². The summed E-state index contributed by atoms with van der Waals surface area (Å²) < 4.78 is 0. The van der Waals surface area contributed by atoms with E-state index in [1.165, 1.54) is 22.4 Å². The van der Waals surface area contributed by atoms with E-state index in [1.54, 1.807) is 0 Å². The van der Waals surface area contributed by atoms with Crippen LogP contribution in [0.1, 0.15) is 28.1 Å². The first-order valence-corrected chi connectivity index (χ1v) is 9.46. The van der Waals surface area contributed by atoms with E-state index in [4.69, 9.17) is 0 Å². The van der Waals surface area contributed by atoms with Crippen LogP contribution in [0.4, 0.5) is 5.69 Å². The molecule has 0 saturated heterocycles. The van der Waals surface area contributed by atoms with Crippen molar-refractivity contribution < 1.29 is 16.8 Å². The summed E-state index contributed by atoms with van der Waals surface area (Å²) in [7, 11) is 0. The molecule has 0 unspecified atom stereocenters. The van der Waals surface area contributed by atoms with E-state index in [1.807, 2.05) is 36.7 Å². The molecule has 0 bridgehead atoms. The SMILES string of the molecule is Cc1cc(C)c(NCCN(Cc2ccccn2)Cc2ccccn2)c(C)c1.[Co]. The molecule has 0 atom stereocenters. The maximum Gasteiger partial charge on any atom is 0.0544 e. The molecule has 1 N–H and O–H groups in total. The van der Waals surface area contributed by atoms with Crippen LogP contribution in [0.5, 0.6) is 0 Å². The third-order valence-corrected chi connectivity index (χ3v) is 4.63. The van der Waals surface area contributed by atoms with Crippen LogP contribution in [0.2, 0.25) is 0 Å². The van der Waals surface area contributed by atoms with Crippen molar-refractivity contribution in [1.82, 2.24) is 14.9 Å². The second-order valence-electron chi connectivity index (χ2n) is 7.05. The van der Waals surface area contributed by atoms with Gasteiger partial charge in [-0.1, -0.05) is 29.8 Å². The van der Waals surface area contributed by atoms with Crippen LogP contribution in [0.25, 0.3) is 0 Å². The van der Waals surface area contributed by atoms with E-state index < -0.39 is 0 Å². The average Bonchev–Trinajstić information content (AvgIpc) is 2.65. The smallest absolute Gasteiger partial charge is 0.0544 e. The van der Waals surface area contributed by atoms with E-state index in [-0.39, 0.29) is 16.8 Å². The second kappa shape index (κ2) is 11.0. The van der Waals surface area contributed by atoms with Crippen molar-refractivity contribution in [1.29, 1.82) is 0 Å². The van der Waals surface area contributed by atoms with Crippen LogP contribution in [0, 0.1) is 20.8 Å². The summed E-state index contributed by atoms with van der Waals surface area (Å²) in [5, 5.41) is 3.63. The number of nitrogens with one attached hydrogen (secondary N) is 1. The maximum absolute atomic E-state index is 4.48. The molecule has 149 valence electrons. The van der Waals surface area contributed by atoms with Gasteiger partial charge in [-0.25, -0.2) is 0 Å². The first kappa shape index (κ1) is 22.1. The molecule has 0 aliphatic rings. The van der Waals surface area contributed by atoms with E-state index >= 15 is 0 Å². The Morgan fingerprint density at radius 2 is 1.36 bits per heavy atom. The molecule has 0 aliphatic carbocycles. The molecule has 4 nitrogen and oxygen atoms in total. The predicted molar refractivity (Wildman–Crippen MR) is 112 cm³/mol. The van der Waals surface area contributed by atoms with Crippen molar-refractivity contribution in [2.24, 2.45) is 0 Å². The summed E-state index contributed by atoms with van der Waals surface area (Å²) in [6, 6.07) is 16.6. The number of anilines is 1. The Balaban J connectivity index is 0.00000280. The standard InChI is InChI=1S/C23H28N4.Co/c1-18-14-19(2)23(20(3)15-18)26-12-13-27(16-21-8-4-6-10-24-21)17-22-9-5-7-11-25-22;/h4-11,14-15,26H,12-13,16-17H2,1-3H3;. The number of rotatable bonds is 8. The van der Waals surface area contributed by atoms with Gasteiger partial charge in [0.05, 0.1) is 11.4 Å². The van der Waals surface area contributed by atoms with Gasteiger partial charge in [0.15, 0.2) is 0 Å². The molecule has 2 heterocycles. The van der Waals surface area contributed by atoms with Gasteiger partial charge >= 0.3 is 0 Å². The number of benzene rings is 1. The van der Waals surface area contributed by atoms with Gasteiger partial charge in [0.25, 0.3) is 0 Å². The molecular formula is C23H28CoN4. The summed E-state index contributed by atoms with van der Waals surface area (Å²) in [4.78, 5) is 11.3. The zero-order valence-corrected chi connectivity index (χ0v) is 17.8. The number of pyridine rings is 2. The first-order valence-electron chi connectivity index (χ1n) is 9.46. The summed E-state index contributed by atoms with van der Waals surface area (Å²) >= 11 is 0. The number of aromatic nitrogens is 2. The zero-order valence-electron chi connectivity index (χ0n) is 16.8. The molecule has 0 fully saturated rings. The summed E-state index contributed by atoms with van der Waals surface area (Å²) in [5.41, 5.74) is 7.31. The minimum absolute atomic E-state index is 0. The van der Waals surface area contributed by atoms with Crippen molar-refractivity contribution in [3.63, 3.8) is 0 Å². The zero-order chi connectivity index (χ0) is 19.1. The number of nitrogens with zero attached hydrogens (tertiary/aromatic N) is 3. The van der Waals surface area contributed by atoms with Gasteiger partial charge in [-0.05, 0) is 56.2 Å². The fourth-order valence-electron chi connectivity index (χ4n) is 3.45. The normalized spacial score (nSPS) is 10.6. The van der Waals surface area contributed by atoms with Gasteiger partial charge in [0, 0.05) is 61.0 Å². The molecular weight excluding hydrogens is 391 g/mol. The Bertz CT molecular complexity index is 788. The van der Waals surface area contributed by atoms with Crippen LogP contribution < -0.4 is 5.32 Å². The molecule has 3 rings (SSSR count). The van der Waals surface area contributed by atoms with Crippen molar-refractivity contribution >= 4 is 5.69 Å². The molecule has 3 aromatic rings. The topological polar surface area (TPSA) is 41.0 Å². The van der Waals surface area contributed by atoms with Crippen molar-refractivity contribution in [2.75, 3.05) is 18.4 Å². The summed E-state index contributed by atoms with van der Waals surface area (Å²) in [6.07, 6.45) is 3.71.